The topological polar surface area (TPSA) is 32.3 Å². The van der Waals surface area contributed by atoms with Crippen LogP contribution in [-0.2, 0) is 4.79 Å². The first-order valence-corrected chi connectivity index (χ1v) is 8.23. The van der Waals surface area contributed by atoms with Gasteiger partial charge in [-0.25, -0.2) is 0 Å². The summed E-state index contributed by atoms with van der Waals surface area (Å²) in [5, 5.41) is 3.53. The second kappa shape index (κ2) is 5.80. The normalized spacial score (nSPS) is 27.2. The second-order valence-corrected chi connectivity index (χ2v) is 6.75. The molecule has 0 bridgehead atoms. The van der Waals surface area contributed by atoms with Crippen LogP contribution in [0.4, 0.5) is 0 Å². The summed E-state index contributed by atoms with van der Waals surface area (Å²) in [4.78, 5) is 14.7. The van der Waals surface area contributed by atoms with Crippen molar-refractivity contribution in [3.05, 3.63) is 35.4 Å². The van der Waals surface area contributed by atoms with E-state index in [4.69, 9.17) is 0 Å². The molecule has 1 aromatic rings. The van der Waals surface area contributed by atoms with Gasteiger partial charge in [-0.1, -0.05) is 43.7 Å². The number of carbonyl (C=O) groups excluding carboxylic acids is 1. The lowest BCUT2D eigenvalue weighted by Gasteiger charge is -2.27. The molecule has 114 valence electrons. The number of hydrogen-bond acceptors (Lipinski definition) is 2. The molecule has 3 rings (SSSR count). The zero-order chi connectivity index (χ0) is 15.0. The second-order valence-electron chi connectivity index (χ2n) is 6.75. The Kier molecular flexibility index (Phi) is 4.03. The van der Waals surface area contributed by atoms with Crippen LogP contribution in [-0.4, -0.2) is 23.4 Å². The summed E-state index contributed by atoms with van der Waals surface area (Å²) in [6, 6.07) is 8.48. The summed E-state index contributed by atoms with van der Waals surface area (Å²) in [6.07, 6.45) is 3.57. The molecule has 3 nitrogen and oxygen atoms in total. The Morgan fingerprint density at radius 2 is 2.14 bits per heavy atom. The molecule has 1 aromatic carbocycles. The number of rotatable bonds is 5. The SMILES string of the molecule is CCC1NC(c2cccc(C)c2)N(CC(C)C2CC2)C1=O. The van der Waals surface area contributed by atoms with Crippen LogP contribution in [0.1, 0.15) is 50.4 Å². The largest absolute Gasteiger partial charge is 0.321 e. The molecule has 1 heterocycles. The smallest absolute Gasteiger partial charge is 0.241 e. The van der Waals surface area contributed by atoms with E-state index in [1.54, 1.807) is 0 Å². The molecule has 1 aliphatic heterocycles. The average molecular weight is 286 g/mol. The van der Waals surface area contributed by atoms with E-state index in [0.29, 0.717) is 5.92 Å². The minimum atomic E-state index is -0.0260. The first-order chi connectivity index (χ1) is 10.1. The van der Waals surface area contributed by atoms with Gasteiger partial charge < -0.3 is 4.90 Å². The van der Waals surface area contributed by atoms with Gasteiger partial charge in [-0.2, -0.15) is 0 Å². The van der Waals surface area contributed by atoms with Crippen molar-refractivity contribution in [3.8, 4) is 0 Å². The zero-order valence-electron chi connectivity index (χ0n) is 13.3. The Balaban J connectivity index is 1.83. The third-order valence-electron chi connectivity index (χ3n) is 4.93. The van der Waals surface area contributed by atoms with Crippen LogP contribution in [0.5, 0.6) is 0 Å². The van der Waals surface area contributed by atoms with E-state index in [1.165, 1.54) is 24.0 Å². The van der Waals surface area contributed by atoms with E-state index in [-0.39, 0.29) is 18.1 Å². The Labute approximate surface area is 127 Å². The van der Waals surface area contributed by atoms with E-state index in [0.717, 1.165) is 18.9 Å². The highest BCUT2D eigenvalue weighted by atomic mass is 16.2. The van der Waals surface area contributed by atoms with Crippen LogP contribution < -0.4 is 5.32 Å². The maximum Gasteiger partial charge on any atom is 0.241 e. The highest BCUT2D eigenvalue weighted by molar-refractivity contribution is 5.84. The molecule has 1 aliphatic carbocycles. The van der Waals surface area contributed by atoms with Crippen LogP contribution in [0.15, 0.2) is 24.3 Å². The van der Waals surface area contributed by atoms with Crippen molar-refractivity contribution in [3.63, 3.8) is 0 Å². The van der Waals surface area contributed by atoms with Gasteiger partial charge in [0, 0.05) is 6.54 Å². The van der Waals surface area contributed by atoms with Crippen molar-refractivity contribution in [2.45, 2.75) is 52.2 Å². The lowest BCUT2D eigenvalue weighted by molar-refractivity contribution is -0.130. The Bertz CT molecular complexity index is 524. The van der Waals surface area contributed by atoms with Gasteiger partial charge in [0.15, 0.2) is 0 Å². The van der Waals surface area contributed by atoms with Crippen LogP contribution in [0, 0.1) is 18.8 Å². The Hall–Kier alpha value is -1.35. The maximum absolute atomic E-state index is 12.6. The predicted molar refractivity (Wildman–Crippen MR) is 84.7 cm³/mol. The summed E-state index contributed by atoms with van der Waals surface area (Å²) < 4.78 is 0. The number of benzene rings is 1. The van der Waals surface area contributed by atoms with Crippen molar-refractivity contribution in [1.29, 1.82) is 0 Å². The van der Waals surface area contributed by atoms with Crippen molar-refractivity contribution in [1.82, 2.24) is 10.2 Å². The van der Waals surface area contributed by atoms with Crippen LogP contribution in [0.3, 0.4) is 0 Å². The predicted octanol–water partition coefficient (Wildman–Crippen LogP) is 3.25. The minimum absolute atomic E-state index is 0.0260. The lowest BCUT2D eigenvalue weighted by atomic mass is 10.0. The first kappa shape index (κ1) is 14.6. The number of nitrogens with one attached hydrogen (secondary N) is 1. The van der Waals surface area contributed by atoms with Crippen LogP contribution in [0.2, 0.25) is 0 Å². The van der Waals surface area contributed by atoms with Crippen molar-refractivity contribution in [2.24, 2.45) is 11.8 Å². The van der Waals surface area contributed by atoms with Gasteiger partial charge in [0.2, 0.25) is 5.91 Å². The molecule has 2 fully saturated rings. The number of amides is 1. The van der Waals surface area contributed by atoms with Crippen molar-refractivity contribution in [2.75, 3.05) is 6.54 Å². The van der Waals surface area contributed by atoms with Gasteiger partial charge >= 0.3 is 0 Å². The number of aryl methyl sites for hydroxylation is 1. The minimum Gasteiger partial charge on any atom is -0.321 e. The molecule has 0 spiro atoms. The molecule has 1 N–H and O–H groups in total. The molecule has 21 heavy (non-hydrogen) atoms. The molecule has 3 heteroatoms. The van der Waals surface area contributed by atoms with E-state index in [2.05, 4.69) is 55.3 Å². The molecule has 1 saturated carbocycles. The number of hydrogen-bond donors (Lipinski definition) is 1. The van der Waals surface area contributed by atoms with E-state index in [9.17, 15) is 4.79 Å². The molecular formula is C18H26N2O. The van der Waals surface area contributed by atoms with E-state index >= 15 is 0 Å². The quantitative estimate of drug-likeness (QED) is 0.901. The molecule has 0 radical (unpaired) electrons. The maximum atomic E-state index is 12.6. The van der Waals surface area contributed by atoms with Crippen molar-refractivity contribution >= 4 is 5.91 Å². The molecule has 3 atom stereocenters. The van der Waals surface area contributed by atoms with Gasteiger partial charge in [0.05, 0.1) is 6.04 Å². The van der Waals surface area contributed by atoms with E-state index < -0.39 is 0 Å². The third kappa shape index (κ3) is 2.98. The van der Waals surface area contributed by atoms with Gasteiger partial charge in [-0.05, 0) is 43.6 Å². The van der Waals surface area contributed by atoms with Crippen molar-refractivity contribution < 1.29 is 4.79 Å². The average Bonchev–Trinajstić information content (AvgIpc) is 3.26. The zero-order valence-corrected chi connectivity index (χ0v) is 13.3. The Morgan fingerprint density at radius 3 is 2.76 bits per heavy atom. The lowest BCUT2D eigenvalue weighted by Crippen LogP contribution is -2.35. The summed E-state index contributed by atoms with van der Waals surface area (Å²) >= 11 is 0. The van der Waals surface area contributed by atoms with Gasteiger partial charge in [0.25, 0.3) is 0 Å². The van der Waals surface area contributed by atoms with Crippen LogP contribution in [0.25, 0.3) is 0 Å². The summed E-state index contributed by atoms with van der Waals surface area (Å²) in [6.45, 7) is 7.36. The Morgan fingerprint density at radius 1 is 1.38 bits per heavy atom. The van der Waals surface area contributed by atoms with Crippen LogP contribution >= 0.6 is 0 Å². The number of carbonyl (C=O) groups is 1. The highest BCUT2D eigenvalue weighted by Gasteiger charge is 2.40. The molecule has 0 aromatic heterocycles. The molecule has 1 amide bonds. The fourth-order valence-electron chi connectivity index (χ4n) is 3.41. The van der Waals surface area contributed by atoms with E-state index in [1.807, 2.05) is 0 Å². The molecular weight excluding hydrogens is 260 g/mol. The standard InChI is InChI=1S/C18H26N2O/c1-4-16-18(21)20(11-13(3)14-8-9-14)17(19-16)15-7-5-6-12(2)10-15/h5-7,10,13-14,16-17,19H,4,8-9,11H2,1-3H3. The monoisotopic (exact) mass is 286 g/mol. The molecule has 3 unspecified atom stereocenters. The first-order valence-electron chi connectivity index (χ1n) is 8.23. The van der Waals surface area contributed by atoms with Gasteiger partial charge in [-0.15, -0.1) is 0 Å². The summed E-state index contributed by atoms with van der Waals surface area (Å²) in [5.74, 6) is 1.71. The molecule has 1 saturated heterocycles. The summed E-state index contributed by atoms with van der Waals surface area (Å²) in [5.41, 5.74) is 2.46. The van der Waals surface area contributed by atoms with Gasteiger partial charge in [-0.3, -0.25) is 10.1 Å². The fourth-order valence-corrected chi connectivity index (χ4v) is 3.41. The fraction of sp³-hybridized carbons (Fsp3) is 0.611. The highest BCUT2D eigenvalue weighted by Crippen LogP contribution is 2.38. The summed E-state index contributed by atoms with van der Waals surface area (Å²) in [7, 11) is 0. The third-order valence-corrected chi connectivity index (χ3v) is 4.93. The van der Waals surface area contributed by atoms with Gasteiger partial charge in [0.1, 0.15) is 6.17 Å². The number of nitrogens with zero attached hydrogens (tertiary/aromatic N) is 1. The molecule has 2 aliphatic rings.